The molecule has 3 heterocycles. The molecule has 2 unspecified atom stereocenters. The van der Waals surface area contributed by atoms with Crippen LogP contribution in [-0.4, -0.2) is 39.1 Å². The van der Waals surface area contributed by atoms with Crippen molar-refractivity contribution in [3.05, 3.63) is 82.1 Å². The smallest absolute Gasteiger partial charge is 0.331 e. The lowest BCUT2D eigenvalue weighted by atomic mass is 9.96. The number of carbonyl (C=O) groups excluding carboxylic acids is 2. The molecule has 1 aliphatic rings. The summed E-state index contributed by atoms with van der Waals surface area (Å²) in [6.07, 6.45) is 9.98. The second-order valence-electron chi connectivity index (χ2n) is 11.7. The number of hydrogen-bond donors (Lipinski definition) is 1. The second-order valence-corrected chi connectivity index (χ2v) is 12.5. The fraction of sp³-hybridized carbons (Fsp3) is 0.333. The Morgan fingerprint density at radius 3 is 2.32 bits per heavy atom. The van der Waals surface area contributed by atoms with Gasteiger partial charge in [0.25, 0.3) is 5.91 Å². The average molecular weight is 593 g/mol. The first-order valence-electron chi connectivity index (χ1n) is 14.0. The zero-order valence-electron chi connectivity index (χ0n) is 24.0. The number of anilines is 1. The molecule has 1 aliphatic heterocycles. The minimum Gasteiger partial charge on any atom is -0.457 e. The molecule has 1 N–H and O–H groups in total. The van der Waals surface area contributed by atoms with Gasteiger partial charge in [0.05, 0.1) is 11.1 Å². The third-order valence-electron chi connectivity index (χ3n) is 7.55. The van der Waals surface area contributed by atoms with E-state index in [0.29, 0.717) is 26.7 Å². The van der Waals surface area contributed by atoms with Gasteiger partial charge in [-0.15, -0.1) is 0 Å². The van der Waals surface area contributed by atoms with E-state index in [0.717, 1.165) is 41.5 Å². The van der Waals surface area contributed by atoms with Crippen LogP contribution < -0.4 is 4.90 Å². The van der Waals surface area contributed by atoms with Gasteiger partial charge >= 0.3 is 5.97 Å². The largest absolute Gasteiger partial charge is 0.457 e. The lowest BCUT2D eigenvalue weighted by Crippen LogP contribution is -2.44. The summed E-state index contributed by atoms with van der Waals surface area (Å²) in [5, 5.41) is 1.79. The van der Waals surface area contributed by atoms with Crippen LogP contribution in [0.25, 0.3) is 28.1 Å². The molecule has 1 saturated heterocycles. The van der Waals surface area contributed by atoms with Gasteiger partial charge in [-0.25, -0.2) is 4.79 Å². The number of esters is 1. The maximum Gasteiger partial charge on any atom is 0.331 e. The van der Waals surface area contributed by atoms with Crippen LogP contribution in [0.4, 0.5) is 5.82 Å². The van der Waals surface area contributed by atoms with Crippen LogP contribution in [0.5, 0.6) is 0 Å². The molecule has 0 bridgehead atoms. The number of H-pyrrole nitrogens is 1. The third kappa shape index (κ3) is 5.81. The Hall–Kier alpha value is -3.48. The zero-order valence-corrected chi connectivity index (χ0v) is 25.5. The summed E-state index contributed by atoms with van der Waals surface area (Å²) >= 11 is 13.3. The number of hydrogen-bond acceptors (Lipinski definition) is 4. The van der Waals surface area contributed by atoms with Crippen LogP contribution in [0.3, 0.4) is 0 Å². The SMILES string of the molecule is CC1CCCC(C)N1c1[nH]cc(-c2c(Cl)cccc2Cl)c1C(=O)n1ccc2c(/C=C/C(=O)OC(C)(C)C)cccc21. The first-order chi connectivity index (χ1) is 19.5. The van der Waals surface area contributed by atoms with Gasteiger partial charge in [0, 0.05) is 57.1 Å². The summed E-state index contributed by atoms with van der Waals surface area (Å²) in [6.45, 7) is 9.88. The van der Waals surface area contributed by atoms with Crippen LogP contribution in [-0.2, 0) is 9.53 Å². The van der Waals surface area contributed by atoms with E-state index in [1.54, 1.807) is 35.0 Å². The number of piperidine rings is 1. The highest BCUT2D eigenvalue weighted by Crippen LogP contribution is 2.42. The molecule has 41 heavy (non-hydrogen) atoms. The first-order valence-corrected chi connectivity index (χ1v) is 14.7. The number of aromatic amines is 1. The Labute approximate surface area is 250 Å². The quantitative estimate of drug-likeness (QED) is 0.186. The molecule has 2 aromatic heterocycles. The van der Waals surface area contributed by atoms with E-state index in [9.17, 15) is 9.59 Å². The fourth-order valence-electron chi connectivity index (χ4n) is 5.77. The summed E-state index contributed by atoms with van der Waals surface area (Å²) in [5.41, 5.74) is 2.76. The summed E-state index contributed by atoms with van der Waals surface area (Å²) in [4.78, 5) is 32.6. The van der Waals surface area contributed by atoms with Crippen molar-refractivity contribution in [2.75, 3.05) is 4.90 Å². The molecule has 8 heteroatoms. The van der Waals surface area contributed by atoms with Gasteiger partial charge in [0.1, 0.15) is 11.4 Å². The average Bonchev–Trinajstić information content (AvgIpc) is 3.51. The molecule has 0 radical (unpaired) electrons. The number of carbonyl (C=O) groups is 2. The van der Waals surface area contributed by atoms with Crippen molar-refractivity contribution >= 4 is 57.9 Å². The maximum atomic E-state index is 14.5. The van der Waals surface area contributed by atoms with Crippen LogP contribution in [0.2, 0.25) is 10.0 Å². The molecular weight excluding hydrogens is 557 g/mol. The van der Waals surface area contributed by atoms with Crippen LogP contribution in [0.15, 0.2) is 60.9 Å². The number of ether oxygens (including phenoxy) is 1. The molecule has 214 valence electrons. The highest BCUT2D eigenvalue weighted by atomic mass is 35.5. The Balaban J connectivity index is 1.63. The maximum absolute atomic E-state index is 14.5. The van der Waals surface area contributed by atoms with Crippen LogP contribution >= 0.6 is 23.2 Å². The van der Waals surface area contributed by atoms with Gasteiger partial charge < -0.3 is 14.6 Å². The number of nitrogens with one attached hydrogen (secondary N) is 1. The van der Waals surface area contributed by atoms with Crippen molar-refractivity contribution in [1.29, 1.82) is 0 Å². The minimum atomic E-state index is -0.580. The molecular formula is C33H35Cl2N3O3. The summed E-state index contributed by atoms with van der Waals surface area (Å²) in [7, 11) is 0. The number of fused-ring (bicyclic) bond motifs is 1. The summed E-state index contributed by atoms with van der Waals surface area (Å²) in [6, 6.07) is 13.4. The van der Waals surface area contributed by atoms with Crippen LogP contribution in [0.1, 0.15) is 69.8 Å². The van der Waals surface area contributed by atoms with Crippen molar-refractivity contribution in [2.45, 2.75) is 71.6 Å². The number of aromatic nitrogens is 2. The Kier molecular flexibility index (Phi) is 8.09. The minimum absolute atomic E-state index is 0.194. The second kappa shape index (κ2) is 11.4. The van der Waals surface area contributed by atoms with E-state index < -0.39 is 11.6 Å². The highest BCUT2D eigenvalue weighted by molar-refractivity contribution is 6.39. The van der Waals surface area contributed by atoms with Gasteiger partial charge in [-0.05, 0) is 89.8 Å². The van der Waals surface area contributed by atoms with Gasteiger partial charge in [-0.2, -0.15) is 0 Å². The van der Waals surface area contributed by atoms with Gasteiger partial charge in [-0.1, -0.05) is 41.4 Å². The van der Waals surface area contributed by atoms with Crippen molar-refractivity contribution in [3.63, 3.8) is 0 Å². The Bertz CT molecular complexity index is 1610. The van der Waals surface area contributed by atoms with Gasteiger partial charge in [0.15, 0.2) is 0 Å². The molecule has 0 spiro atoms. The zero-order chi connectivity index (χ0) is 29.5. The number of benzene rings is 2. The lowest BCUT2D eigenvalue weighted by Gasteiger charge is -2.40. The third-order valence-corrected chi connectivity index (χ3v) is 8.18. The van der Waals surface area contributed by atoms with Gasteiger partial charge in [0.2, 0.25) is 0 Å². The number of nitrogens with zero attached hydrogens (tertiary/aromatic N) is 2. The van der Waals surface area contributed by atoms with Gasteiger partial charge in [-0.3, -0.25) is 9.36 Å². The number of rotatable bonds is 5. The predicted molar refractivity (Wildman–Crippen MR) is 168 cm³/mol. The fourth-order valence-corrected chi connectivity index (χ4v) is 6.38. The van der Waals surface area contributed by atoms with Crippen molar-refractivity contribution < 1.29 is 14.3 Å². The molecule has 2 aromatic carbocycles. The Morgan fingerprint density at radius 2 is 1.66 bits per heavy atom. The van der Waals surface area contributed by atoms with E-state index in [4.69, 9.17) is 27.9 Å². The monoisotopic (exact) mass is 591 g/mol. The molecule has 5 rings (SSSR count). The number of halogens is 2. The standard InChI is InChI=1S/C33H35Cl2N3O3/c1-20-9-6-10-21(2)38(20)31-30(24(19-36-31)29-25(34)12-8-13-26(29)35)32(40)37-18-17-23-22(11-7-14-27(23)37)15-16-28(39)41-33(3,4)5/h7-8,11-21,36H,6,9-10H2,1-5H3/b16-15+. The van der Waals surface area contributed by atoms with Crippen LogP contribution in [0, 0.1) is 0 Å². The molecule has 0 aliphatic carbocycles. The highest BCUT2D eigenvalue weighted by Gasteiger charge is 2.33. The van der Waals surface area contributed by atoms with Crippen molar-refractivity contribution in [1.82, 2.24) is 9.55 Å². The van der Waals surface area contributed by atoms with Crippen molar-refractivity contribution in [3.8, 4) is 11.1 Å². The van der Waals surface area contributed by atoms with E-state index in [1.165, 1.54) is 6.08 Å². The molecule has 1 fully saturated rings. The molecule has 0 amide bonds. The summed E-state index contributed by atoms with van der Waals surface area (Å²) < 4.78 is 7.06. The van der Waals surface area contributed by atoms with E-state index in [-0.39, 0.29) is 18.0 Å². The Morgan fingerprint density at radius 1 is 1.00 bits per heavy atom. The normalized spacial score (nSPS) is 17.9. The molecule has 6 nitrogen and oxygen atoms in total. The summed E-state index contributed by atoms with van der Waals surface area (Å²) in [5.74, 6) is 0.150. The van der Waals surface area contributed by atoms with Crippen molar-refractivity contribution in [2.24, 2.45) is 0 Å². The lowest BCUT2D eigenvalue weighted by molar-refractivity contribution is -0.148. The molecule has 0 saturated carbocycles. The van der Waals surface area contributed by atoms with E-state index in [1.807, 2.05) is 51.2 Å². The molecule has 4 aromatic rings. The first kappa shape index (κ1) is 29.0. The van der Waals surface area contributed by atoms with E-state index in [2.05, 4.69) is 23.7 Å². The molecule has 2 atom stereocenters. The predicted octanol–water partition coefficient (Wildman–Crippen LogP) is 8.75. The topological polar surface area (TPSA) is 67.3 Å². The van der Waals surface area contributed by atoms with E-state index >= 15 is 0 Å².